The lowest BCUT2D eigenvalue weighted by atomic mass is 9.97. The third-order valence-electron chi connectivity index (χ3n) is 2.17. The quantitative estimate of drug-likeness (QED) is 0.694. The van der Waals surface area contributed by atoms with E-state index in [0.29, 0.717) is 0 Å². The minimum atomic E-state index is -1.37. The summed E-state index contributed by atoms with van der Waals surface area (Å²) >= 11 is 0. The number of nitriles is 1. The summed E-state index contributed by atoms with van der Waals surface area (Å²) in [5, 5.41) is 36.3. The molecule has 0 aliphatic heterocycles. The molecule has 0 saturated carbocycles. The van der Waals surface area contributed by atoms with Gasteiger partial charge in [0.15, 0.2) is 0 Å². The monoisotopic (exact) mass is 221 g/mol. The van der Waals surface area contributed by atoms with Gasteiger partial charge in [-0.2, -0.15) is 5.26 Å². The third-order valence-corrected chi connectivity index (χ3v) is 2.17. The molecule has 0 spiro atoms. The van der Waals surface area contributed by atoms with Crippen molar-refractivity contribution in [1.82, 2.24) is 0 Å². The van der Waals surface area contributed by atoms with Gasteiger partial charge >= 0.3 is 5.97 Å². The molecular formula is C11H11NO4. The Kier molecular flexibility index (Phi) is 4.00. The SMILES string of the molecule is N#CCC(O)C(O)c1ccccc1C(=O)O. The number of nitrogens with zero attached hydrogens (tertiary/aromatic N) is 1. The molecule has 0 amide bonds. The van der Waals surface area contributed by atoms with Crippen LogP contribution in [0.5, 0.6) is 0 Å². The lowest BCUT2D eigenvalue weighted by Crippen LogP contribution is -2.20. The molecule has 0 aliphatic carbocycles. The second kappa shape index (κ2) is 5.26. The molecule has 2 atom stereocenters. The Morgan fingerprint density at radius 1 is 1.38 bits per heavy atom. The van der Waals surface area contributed by atoms with E-state index in [4.69, 9.17) is 10.4 Å². The zero-order valence-electron chi connectivity index (χ0n) is 8.37. The van der Waals surface area contributed by atoms with Crippen molar-refractivity contribution < 1.29 is 20.1 Å². The molecule has 0 bridgehead atoms. The van der Waals surface area contributed by atoms with Crippen molar-refractivity contribution in [3.63, 3.8) is 0 Å². The lowest BCUT2D eigenvalue weighted by molar-refractivity contribution is 0.0205. The van der Waals surface area contributed by atoms with Crippen LogP contribution in [0.2, 0.25) is 0 Å². The highest BCUT2D eigenvalue weighted by Gasteiger charge is 2.22. The Morgan fingerprint density at radius 2 is 2.00 bits per heavy atom. The van der Waals surface area contributed by atoms with E-state index in [9.17, 15) is 15.0 Å². The second-order valence-electron chi connectivity index (χ2n) is 3.27. The van der Waals surface area contributed by atoms with Crippen LogP contribution in [0.15, 0.2) is 24.3 Å². The van der Waals surface area contributed by atoms with Crippen LogP contribution in [0.25, 0.3) is 0 Å². The lowest BCUT2D eigenvalue weighted by Gasteiger charge is -2.17. The zero-order valence-corrected chi connectivity index (χ0v) is 8.37. The van der Waals surface area contributed by atoms with E-state index >= 15 is 0 Å². The van der Waals surface area contributed by atoms with Gasteiger partial charge in [-0.1, -0.05) is 18.2 Å². The van der Waals surface area contributed by atoms with Crippen molar-refractivity contribution in [2.24, 2.45) is 0 Å². The van der Waals surface area contributed by atoms with Crippen molar-refractivity contribution in [1.29, 1.82) is 5.26 Å². The van der Waals surface area contributed by atoms with E-state index < -0.39 is 18.2 Å². The number of carbonyl (C=O) groups is 1. The van der Waals surface area contributed by atoms with Gasteiger partial charge in [-0.3, -0.25) is 0 Å². The first-order valence-electron chi connectivity index (χ1n) is 4.63. The largest absolute Gasteiger partial charge is 0.478 e. The smallest absolute Gasteiger partial charge is 0.336 e. The Labute approximate surface area is 92.2 Å². The van der Waals surface area contributed by atoms with Crippen molar-refractivity contribution in [3.05, 3.63) is 35.4 Å². The highest BCUT2D eigenvalue weighted by Crippen LogP contribution is 2.22. The Balaban J connectivity index is 3.04. The summed E-state index contributed by atoms with van der Waals surface area (Å²) < 4.78 is 0. The number of hydrogen-bond acceptors (Lipinski definition) is 4. The third kappa shape index (κ3) is 2.57. The summed E-state index contributed by atoms with van der Waals surface area (Å²) in [4.78, 5) is 10.8. The maximum Gasteiger partial charge on any atom is 0.336 e. The standard InChI is InChI=1S/C11H11NO4/c12-6-5-9(13)10(14)7-3-1-2-4-8(7)11(15)16/h1-4,9-10,13-14H,5H2,(H,15,16). The number of rotatable bonds is 4. The molecule has 1 aromatic carbocycles. The molecular weight excluding hydrogens is 210 g/mol. The predicted molar refractivity (Wildman–Crippen MR) is 54.6 cm³/mol. The zero-order chi connectivity index (χ0) is 12.1. The number of carboxylic acid groups (broad SMARTS) is 1. The summed E-state index contributed by atoms with van der Waals surface area (Å²) in [5.41, 5.74) is 0.0322. The van der Waals surface area contributed by atoms with Crippen LogP contribution in [0.4, 0.5) is 0 Å². The summed E-state index contributed by atoms with van der Waals surface area (Å²) in [7, 11) is 0. The van der Waals surface area contributed by atoms with Gasteiger partial charge in [0.1, 0.15) is 6.10 Å². The van der Waals surface area contributed by atoms with Crippen LogP contribution < -0.4 is 0 Å². The van der Waals surface area contributed by atoms with E-state index in [1.807, 2.05) is 0 Å². The van der Waals surface area contributed by atoms with Gasteiger partial charge in [0, 0.05) is 0 Å². The Hall–Kier alpha value is -1.90. The Bertz CT molecular complexity index is 424. The summed E-state index contributed by atoms with van der Waals surface area (Å²) in [5.74, 6) is -1.18. The van der Waals surface area contributed by atoms with Crippen LogP contribution in [-0.2, 0) is 0 Å². The van der Waals surface area contributed by atoms with Crippen molar-refractivity contribution >= 4 is 5.97 Å². The van der Waals surface area contributed by atoms with Gasteiger partial charge < -0.3 is 15.3 Å². The minimum absolute atomic E-state index is 0.0769. The first-order valence-corrected chi connectivity index (χ1v) is 4.63. The molecule has 0 heterocycles. The van der Waals surface area contributed by atoms with E-state index in [2.05, 4.69) is 0 Å². The summed E-state index contributed by atoms with van der Waals surface area (Å²) in [6.45, 7) is 0. The molecule has 0 aromatic heterocycles. The van der Waals surface area contributed by atoms with Crippen molar-refractivity contribution in [2.45, 2.75) is 18.6 Å². The number of aliphatic hydroxyl groups is 2. The molecule has 0 fully saturated rings. The first kappa shape index (κ1) is 12.2. The molecule has 1 aromatic rings. The maximum atomic E-state index is 10.8. The number of carboxylic acids is 1. The number of benzene rings is 1. The van der Waals surface area contributed by atoms with E-state index in [1.54, 1.807) is 12.1 Å². The van der Waals surface area contributed by atoms with Gasteiger partial charge in [-0.25, -0.2) is 4.79 Å². The molecule has 84 valence electrons. The molecule has 2 unspecified atom stereocenters. The fourth-order valence-electron chi connectivity index (χ4n) is 1.36. The molecule has 16 heavy (non-hydrogen) atoms. The van der Waals surface area contributed by atoms with E-state index in [1.165, 1.54) is 18.2 Å². The van der Waals surface area contributed by atoms with Gasteiger partial charge in [-0.05, 0) is 11.6 Å². The van der Waals surface area contributed by atoms with Gasteiger partial charge in [0.05, 0.1) is 24.2 Å². The molecule has 0 aliphatic rings. The van der Waals surface area contributed by atoms with Crippen LogP contribution in [0.3, 0.4) is 0 Å². The number of hydrogen-bond donors (Lipinski definition) is 3. The van der Waals surface area contributed by atoms with Crippen molar-refractivity contribution in [3.8, 4) is 6.07 Å². The number of aliphatic hydroxyl groups excluding tert-OH is 2. The van der Waals surface area contributed by atoms with Crippen molar-refractivity contribution in [2.75, 3.05) is 0 Å². The highest BCUT2D eigenvalue weighted by atomic mass is 16.4. The minimum Gasteiger partial charge on any atom is -0.478 e. The average molecular weight is 221 g/mol. The van der Waals surface area contributed by atoms with Gasteiger partial charge in [-0.15, -0.1) is 0 Å². The maximum absolute atomic E-state index is 10.8. The fraction of sp³-hybridized carbons (Fsp3) is 0.273. The normalized spacial score (nSPS) is 13.8. The molecule has 0 saturated heterocycles. The van der Waals surface area contributed by atoms with Gasteiger partial charge in [0.2, 0.25) is 0 Å². The average Bonchev–Trinajstić information content (AvgIpc) is 2.28. The molecule has 1 rings (SSSR count). The molecule has 5 heteroatoms. The molecule has 0 radical (unpaired) electrons. The summed E-state index contributed by atoms with van der Waals surface area (Å²) in [6.07, 6.45) is -2.91. The van der Waals surface area contributed by atoms with Crippen LogP contribution >= 0.6 is 0 Å². The Morgan fingerprint density at radius 3 is 2.56 bits per heavy atom. The molecule has 3 N–H and O–H groups in total. The summed E-state index contributed by atoms with van der Waals surface area (Å²) in [6, 6.07) is 7.54. The number of aromatic carboxylic acids is 1. The van der Waals surface area contributed by atoms with E-state index in [0.717, 1.165) is 0 Å². The molecule has 5 nitrogen and oxygen atoms in total. The predicted octanol–water partition coefficient (Wildman–Crippen LogP) is 0.693. The van der Waals surface area contributed by atoms with E-state index in [-0.39, 0.29) is 17.5 Å². The van der Waals surface area contributed by atoms with Crippen LogP contribution in [0.1, 0.15) is 28.4 Å². The highest BCUT2D eigenvalue weighted by molar-refractivity contribution is 5.89. The second-order valence-corrected chi connectivity index (χ2v) is 3.27. The topological polar surface area (TPSA) is 102 Å². The fourth-order valence-corrected chi connectivity index (χ4v) is 1.36. The van der Waals surface area contributed by atoms with Crippen LogP contribution in [-0.4, -0.2) is 27.4 Å². The first-order chi connectivity index (χ1) is 7.57. The van der Waals surface area contributed by atoms with Crippen LogP contribution in [0, 0.1) is 11.3 Å². The van der Waals surface area contributed by atoms with Gasteiger partial charge in [0.25, 0.3) is 0 Å².